The van der Waals surface area contributed by atoms with E-state index in [-0.39, 0.29) is 17.3 Å². The average molecular weight is 495 g/mol. The van der Waals surface area contributed by atoms with Gasteiger partial charge in [-0.1, -0.05) is 23.4 Å². The van der Waals surface area contributed by atoms with Gasteiger partial charge in [0.15, 0.2) is 17.2 Å². The Morgan fingerprint density at radius 1 is 1.14 bits per heavy atom. The number of thioether (sulfide) groups is 1. The van der Waals surface area contributed by atoms with Crippen molar-refractivity contribution in [2.75, 3.05) is 20.0 Å². The second-order valence-electron chi connectivity index (χ2n) is 7.08. The Balaban J connectivity index is 1.59. The minimum Gasteiger partial charge on any atom is -0.493 e. The van der Waals surface area contributed by atoms with E-state index in [1.807, 2.05) is 36.4 Å². The molecule has 4 aromatic rings. The van der Waals surface area contributed by atoms with Gasteiger partial charge in [0.1, 0.15) is 0 Å². The minimum absolute atomic E-state index is 0.0233. The van der Waals surface area contributed by atoms with E-state index in [1.54, 1.807) is 33.3 Å². The van der Waals surface area contributed by atoms with Crippen molar-refractivity contribution >= 4 is 29.2 Å². The Labute approximate surface area is 204 Å². The molecule has 0 bridgehead atoms. The molecular weight excluding hydrogens is 472 g/mol. The summed E-state index contributed by atoms with van der Waals surface area (Å²) >= 11 is 1.49. The van der Waals surface area contributed by atoms with E-state index in [0.29, 0.717) is 28.7 Å². The summed E-state index contributed by atoms with van der Waals surface area (Å²) in [5.74, 6) is 1.11. The average Bonchev–Trinajstić information content (AvgIpc) is 3.51. The number of nitrogen functional groups attached to an aromatic ring is 1. The van der Waals surface area contributed by atoms with Gasteiger partial charge in [-0.3, -0.25) is 4.79 Å². The standard InChI is InChI=1S/C22H22N8O4S/c1-13(14-9-10-17(32-2)18(11-14)33-3)24-26-22(31)19-16(12-35-15-7-5-4-6-8-15)30(29-25-19)21-20(23)27-34-28-21/h4-11H,12H2,1-3H3,(H2,23,27)(H,26,31). The first-order valence-electron chi connectivity index (χ1n) is 10.3. The van der Waals surface area contributed by atoms with Gasteiger partial charge >= 0.3 is 0 Å². The Hall–Kier alpha value is -4.39. The van der Waals surface area contributed by atoms with Gasteiger partial charge in [-0.25, -0.2) is 10.1 Å². The number of nitrogens with one attached hydrogen (secondary N) is 1. The molecule has 0 unspecified atom stereocenters. The number of nitrogens with two attached hydrogens (primary N) is 1. The summed E-state index contributed by atoms with van der Waals surface area (Å²) in [6.45, 7) is 1.76. The highest BCUT2D eigenvalue weighted by Gasteiger charge is 2.24. The quantitative estimate of drug-likeness (QED) is 0.201. The fourth-order valence-electron chi connectivity index (χ4n) is 3.10. The molecule has 180 valence electrons. The summed E-state index contributed by atoms with van der Waals surface area (Å²) in [4.78, 5) is 14.0. The van der Waals surface area contributed by atoms with Crippen LogP contribution in [0.5, 0.6) is 11.5 Å². The Morgan fingerprint density at radius 3 is 2.60 bits per heavy atom. The Kier molecular flexibility index (Phi) is 7.26. The molecule has 13 heteroatoms. The van der Waals surface area contributed by atoms with Crippen molar-refractivity contribution in [2.45, 2.75) is 17.6 Å². The van der Waals surface area contributed by atoms with E-state index < -0.39 is 5.91 Å². The zero-order valence-electron chi connectivity index (χ0n) is 19.1. The van der Waals surface area contributed by atoms with Crippen LogP contribution in [0.25, 0.3) is 5.82 Å². The third-order valence-corrected chi connectivity index (χ3v) is 5.94. The van der Waals surface area contributed by atoms with E-state index in [2.05, 4.69) is 35.8 Å². The molecule has 0 aliphatic rings. The van der Waals surface area contributed by atoms with Gasteiger partial charge in [-0.15, -0.1) is 16.9 Å². The van der Waals surface area contributed by atoms with Crippen molar-refractivity contribution in [2.24, 2.45) is 5.10 Å². The number of anilines is 1. The van der Waals surface area contributed by atoms with E-state index in [4.69, 9.17) is 15.2 Å². The lowest BCUT2D eigenvalue weighted by molar-refractivity contribution is 0.0949. The predicted molar refractivity (Wildman–Crippen MR) is 129 cm³/mol. The van der Waals surface area contributed by atoms with Gasteiger partial charge < -0.3 is 15.2 Å². The van der Waals surface area contributed by atoms with Crippen molar-refractivity contribution in [1.82, 2.24) is 30.7 Å². The molecule has 0 saturated heterocycles. The summed E-state index contributed by atoms with van der Waals surface area (Å²) in [6.07, 6.45) is 0. The monoisotopic (exact) mass is 494 g/mol. The fraction of sp³-hybridized carbons (Fsp3) is 0.182. The molecule has 0 atom stereocenters. The zero-order valence-corrected chi connectivity index (χ0v) is 19.9. The molecule has 0 aliphatic carbocycles. The fourth-order valence-corrected chi connectivity index (χ4v) is 4.01. The van der Waals surface area contributed by atoms with Crippen molar-refractivity contribution < 1.29 is 18.9 Å². The summed E-state index contributed by atoms with van der Waals surface area (Å²) in [5.41, 5.74) is 10.2. The molecule has 0 fully saturated rings. The van der Waals surface area contributed by atoms with Gasteiger partial charge in [0, 0.05) is 16.2 Å². The van der Waals surface area contributed by atoms with Crippen LogP contribution in [0, 0.1) is 0 Å². The number of carbonyl (C=O) groups is 1. The lowest BCUT2D eigenvalue weighted by Crippen LogP contribution is -2.21. The summed E-state index contributed by atoms with van der Waals surface area (Å²) < 4.78 is 16.6. The van der Waals surface area contributed by atoms with Crippen LogP contribution in [0.3, 0.4) is 0 Å². The molecule has 35 heavy (non-hydrogen) atoms. The molecule has 12 nitrogen and oxygen atoms in total. The molecular formula is C22H22N8O4S. The maximum atomic E-state index is 13.0. The summed E-state index contributed by atoms with van der Waals surface area (Å²) in [5, 5.41) is 19.7. The third kappa shape index (κ3) is 5.24. The molecule has 0 spiro atoms. The highest BCUT2D eigenvalue weighted by molar-refractivity contribution is 7.98. The summed E-state index contributed by atoms with van der Waals surface area (Å²) in [6, 6.07) is 15.0. The third-order valence-electron chi connectivity index (χ3n) is 4.92. The number of hydrazone groups is 1. The maximum Gasteiger partial charge on any atom is 0.293 e. The van der Waals surface area contributed by atoms with Gasteiger partial charge in [0.05, 0.1) is 25.6 Å². The van der Waals surface area contributed by atoms with E-state index >= 15 is 0 Å². The van der Waals surface area contributed by atoms with Crippen LogP contribution in [0.15, 0.2) is 63.2 Å². The molecule has 2 heterocycles. The molecule has 2 aromatic carbocycles. The molecule has 3 N–H and O–H groups in total. The second-order valence-corrected chi connectivity index (χ2v) is 8.13. The van der Waals surface area contributed by atoms with Crippen molar-refractivity contribution in [3.05, 3.63) is 65.5 Å². The van der Waals surface area contributed by atoms with Gasteiger partial charge in [-0.2, -0.15) is 9.78 Å². The molecule has 2 aromatic heterocycles. The van der Waals surface area contributed by atoms with E-state index in [1.165, 1.54) is 16.4 Å². The van der Waals surface area contributed by atoms with Crippen LogP contribution in [0.2, 0.25) is 0 Å². The SMILES string of the molecule is COc1ccc(C(C)=NNC(=O)c2nnn(-c3nonc3N)c2CSc2ccccc2)cc1OC. The van der Waals surface area contributed by atoms with E-state index in [9.17, 15) is 4.79 Å². The number of carbonyl (C=O) groups excluding carboxylic acids is 1. The first kappa shape index (κ1) is 23.8. The van der Waals surface area contributed by atoms with Crippen LogP contribution >= 0.6 is 11.8 Å². The summed E-state index contributed by atoms with van der Waals surface area (Å²) in [7, 11) is 3.10. The number of amides is 1. The largest absolute Gasteiger partial charge is 0.493 e. The molecule has 0 saturated carbocycles. The minimum atomic E-state index is -0.547. The number of benzene rings is 2. The van der Waals surface area contributed by atoms with Crippen molar-refractivity contribution in [3.8, 4) is 17.3 Å². The number of hydrogen-bond donors (Lipinski definition) is 2. The highest BCUT2D eigenvalue weighted by atomic mass is 32.2. The van der Waals surface area contributed by atoms with Crippen molar-refractivity contribution in [1.29, 1.82) is 0 Å². The Bertz CT molecular complexity index is 1350. The van der Waals surface area contributed by atoms with Gasteiger partial charge in [0.25, 0.3) is 5.91 Å². The lowest BCUT2D eigenvalue weighted by Gasteiger charge is -2.09. The first-order chi connectivity index (χ1) is 17.0. The zero-order chi connectivity index (χ0) is 24.8. The van der Waals surface area contributed by atoms with Crippen LogP contribution in [-0.2, 0) is 5.75 Å². The van der Waals surface area contributed by atoms with Crippen LogP contribution in [0.4, 0.5) is 5.82 Å². The number of rotatable bonds is 9. The van der Waals surface area contributed by atoms with Gasteiger partial charge in [0.2, 0.25) is 11.6 Å². The molecule has 1 amide bonds. The smallest absolute Gasteiger partial charge is 0.293 e. The van der Waals surface area contributed by atoms with Crippen LogP contribution in [-0.4, -0.2) is 51.1 Å². The Morgan fingerprint density at radius 2 is 1.91 bits per heavy atom. The molecule has 0 aliphatic heterocycles. The van der Waals surface area contributed by atoms with Crippen molar-refractivity contribution in [3.63, 3.8) is 0 Å². The number of aromatic nitrogens is 5. The van der Waals surface area contributed by atoms with E-state index in [0.717, 1.165) is 10.5 Å². The lowest BCUT2D eigenvalue weighted by atomic mass is 10.1. The highest BCUT2D eigenvalue weighted by Crippen LogP contribution is 2.28. The number of nitrogens with zero attached hydrogens (tertiary/aromatic N) is 6. The predicted octanol–water partition coefficient (Wildman–Crippen LogP) is 2.70. The topological polar surface area (TPSA) is 156 Å². The van der Waals surface area contributed by atoms with Crippen LogP contribution in [0.1, 0.15) is 28.7 Å². The van der Waals surface area contributed by atoms with Gasteiger partial charge in [-0.05, 0) is 47.6 Å². The second kappa shape index (κ2) is 10.7. The number of ether oxygens (including phenoxy) is 2. The molecule has 0 radical (unpaired) electrons. The molecule has 4 rings (SSSR count). The number of hydrogen-bond acceptors (Lipinski definition) is 11. The normalized spacial score (nSPS) is 11.3. The maximum absolute atomic E-state index is 13.0. The number of methoxy groups -OCH3 is 2. The van der Waals surface area contributed by atoms with Crippen LogP contribution < -0.4 is 20.6 Å². The first-order valence-corrected chi connectivity index (χ1v) is 11.3.